The lowest BCUT2D eigenvalue weighted by molar-refractivity contribution is -0.119. The minimum atomic E-state index is -1.26. The van der Waals surface area contributed by atoms with E-state index in [0.29, 0.717) is 10.6 Å². The molecule has 0 bridgehead atoms. The fraction of sp³-hybridized carbons (Fsp3) is 0.278. The van der Waals surface area contributed by atoms with Crippen LogP contribution in [-0.2, 0) is 22.4 Å². The van der Waals surface area contributed by atoms with E-state index in [2.05, 4.69) is 11.4 Å². The standard InChI is InChI=1S/C18H14F2N2O3S/c19-12-5-3-6-13(20)16(12)18(24)25-9-15(23)22-17-11(8-21)10-4-1-2-7-14(10)26-17/h3,5-6H,1-2,4,7,9H2,(H,22,23). The predicted octanol–water partition coefficient (Wildman–Crippen LogP) is 3.57. The van der Waals surface area contributed by atoms with Crippen molar-refractivity contribution < 1.29 is 23.1 Å². The van der Waals surface area contributed by atoms with Crippen LogP contribution in [0, 0.1) is 23.0 Å². The number of benzene rings is 1. The molecular weight excluding hydrogens is 362 g/mol. The molecule has 1 heterocycles. The zero-order valence-electron chi connectivity index (χ0n) is 13.6. The SMILES string of the molecule is N#Cc1c(NC(=O)COC(=O)c2c(F)cccc2F)sc2c1CCCC2. The largest absolute Gasteiger partial charge is 0.452 e. The van der Waals surface area contributed by atoms with Crippen molar-refractivity contribution >= 4 is 28.2 Å². The van der Waals surface area contributed by atoms with E-state index in [1.807, 2.05) is 0 Å². The topological polar surface area (TPSA) is 79.2 Å². The van der Waals surface area contributed by atoms with Crippen LogP contribution in [0.5, 0.6) is 0 Å². The number of carbonyl (C=O) groups is 2. The molecule has 1 aliphatic rings. The van der Waals surface area contributed by atoms with Gasteiger partial charge in [0.15, 0.2) is 6.61 Å². The van der Waals surface area contributed by atoms with Crippen LogP contribution in [0.4, 0.5) is 13.8 Å². The van der Waals surface area contributed by atoms with Gasteiger partial charge in [0.05, 0.1) is 5.56 Å². The highest BCUT2D eigenvalue weighted by molar-refractivity contribution is 7.16. The molecule has 3 rings (SSSR count). The summed E-state index contributed by atoms with van der Waals surface area (Å²) in [6, 6.07) is 5.08. The second-order valence-electron chi connectivity index (χ2n) is 5.75. The van der Waals surface area contributed by atoms with E-state index in [-0.39, 0.29) is 0 Å². The highest BCUT2D eigenvalue weighted by atomic mass is 32.1. The summed E-state index contributed by atoms with van der Waals surface area (Å²) < 4.78 is 31.7. The molecule has 0 saturated heterocycles. The zero-order chi connectivity index (χ0) is 18.7. The average Bonchev–Trinajstić information content (AvgIpc) is 2.96. The highest BCUT2D eigenvalue weighted by Gasteiger charge is 2.23. The van der Waals surface area contributed by atoms with Gasteiger partial charge in [-0.2, -0.15) is 5.26 Å². The first-order valence-electron chi connectivity index (χ1n) is 7.97. The number of hydrogen-bond donors (Lipinski definition) is 1. The minimum Gasteiger partial charge on any atom is -0.452 e. The van der Waals surface area contributed by atoms with Gasteiger partial charge in [-0.25, -0.2) is 13.6 Å². The molecule has 1 N–H and O–H groups in total. The molecule has 1 aliphatic carbocycles. The van der Waals surface area contributed by atoms with Gasteiger partial charge in [0.2, 0.25) is 0 Å². The van der Waals surface area contributed by atoms with Gasteiger partial charge in [0, 0.05) is 4.88 Å². The number of carbonyl (C=O) groups excluding carboxylic acids is 2. The number of nitrogens with zero attached hydrogens (tertiary/aromatic N) is 1. The lowest BCUT2D eigenvalue weighted by Gasteiger charge is -2.09. The number of amides is 1. The first-order chi connectivity index (χ1) is 12.5. The Bertz CT molecular complexity index is 898. The summed E-state index contributed by atoms with van der Waals surface area (Å²) in [6.07, 6.45) is 3.70. The Morgan fingerprint density at radius 2 is 1.92 bits per heavy atom. The first-order valence-corrected chi connectivity index (χ1v) is 8.78. The fourth-order valence-corrected chi connectivity index (χ4v) is 4.09. The number of fused-ring (bicyclic) bond motifs is 1. The van der Waals surface area contributed by atoms with Crippen LogP contribution in [0.25, 0.3) is 0 Å². The van der Waals surface area contributed by atoms with Crippen molar-refractivity contribution in [1.29, 1.82) is 5.26 Å². The molecule has 8 heteroatoms. The van der Waals surface area contributed by atoms with E-state index in [0.717, 1.165) is 54.3 Å². The van der Waals surface area contributed by atoms with Gasteiger partial charge >= 0.3 is 5.97 Å². The molecule has 0 saturated carbocycles. The fourth-order valence-electron chi connectivity index (χ4n) is 2.83. The van der Waals surface area contributed by atoms with E-state index in [1.165, 1.54) is 11.3 Å². The molecule has 134 valence electrons. The molecule has 1 aromatic heterocycles. The van der Waals surface area contributed by atoms with Crippen LogP contribution in [-0.4, -0.2) is 18.5 Å². The maximum Gasteiger partial charge on any atom is 0.344 e. The van der Waals surface area contributed by atoms with Crippen LogP contribution in [0.3, 0.4) is 0 Å². The Morgan fingerprint density at radius 1 is 1.23 bits per heavy atom. The number of aryl methyl sites for hydroxylation is 1. The molecular formula is C18H14F2N2O3S. The number of nitrogens with one attached hydrogen (secondary N) is 1. The maximum absolute atomic E-state index is 13.5. The van der Waals surface area contributed by atoms with Crippen LogP contribution >= 0.6 is 11.3 Å². The molecule has 0 radical (unpaired) electrons. The Morgan fingerprint density at radius 3 is 2.62 bits per heavy atom. The van der Waals surface area contributed by atoms with E-state index < -0.39 is 35.7 Å². The van der Waals surface area contributed by atoms with Crippen LogP contribution in [0.1, 0.15) is 39.2 Å². The van der Waals surface area contributed by atoms with E-state index in [1.54, 1.807) is 0 Å². The van der Waals surface area contributed by atoms with Gasteiger partial charge in [-0.3, -0.25) is 4.79 Å². The second kappa shape index (κ2) is 7.62. The molecule has 2 aromatic rings. The van der Waals surface area contributed by atoms with Gasteiger partial charge < -0.3 is 10.1 Å². The molecule has 0 atom stereocenters. The minimum absolute atomic E-state index is 0.414. The summed E-state index contributed by atoms with van der Waals surface area (Å²) in [5.41, 5.74) is 0.554. The lowest BCUT2D eigenvalue weighted by atomic mass is 9.96. The van der Waals surface area contributed by atoms with Crippen molar-refractivity contribution in [3.8, 4) is 6.07 Å². The molecule has 1 amide bonds. The monoisotopic (exact) mass is 376 g/mol. The molecule has 0 spiro atoms. The quantitative estimate of drug-likeness (QED) is 0.828. The van der Waals surface area contributed by atoms with Crippen LogP contribution in [0.15, 0.2) is 18.2 Å². The third kappa shape index (κ3) is 3.58. The Balaban J connectivity index is 1.66. The Hall–Kier alpha value is -2.79. The van der Waals surface area contributed by atoms with Crippen molar-refractivity contribution in [1.82, 2.24) is 0 Å². The summed E-state index contributed by atoms with van der Waals surface area (Å²) >= 11 is 1.34. The smallest absolute Gasteiger partial charge is 0.344 e. The molecule has 0 aliphatic heterocycles. The Labute approximate surface area is 152 Å². The van der Waals surface area contributed by atoms with Crippen molar-refractivity contribution in [3.63, 3.8) is 0 Å². The lowest BCUT2D eigenvalue weighted by Crippen LogP contribution is -2.22. The van der Waals surface area contributed by atoms with E-state index in [4.69, 9.17) is 4.74 Å². The molecule has 0 unspecified atom stereocenters. The number of hydrogen-bond acceptors (Lipinski definition) is 5. The maximum atomic E-state index is 13.5. The number of nitriles is 1. The summed E-state index contributed by atoms with van der Waals surface area (Å²) in [6.45, 7) is -0.708. The van der Waals surface area contributed by atoms with Gasteiger partial charge in [-0.1, -0.05) is 6.07 Å². The predicted molar refractivity (Wildman–Crippen MR) is 90.9 cm³/mol. The average molecular weight is 376 g/mol. The van der Waals surface area contributed by atoms with Crippen molar-refractivity contribution in [2.75, 3.05) is 11.9 Å². The van der Waals surface area contributed by atoms with Crippen LogP contribution in [0.2, 0.25) is 0 Å². The van der Waals surface area contributed by atoms with Crippen molar-refractivity contribution in [2.24, 2.45) is 0 Å². The normalized spacial score (nSPS) is 12.8. The zero-order valence-corrected chi connectivity index (χ0v) is 14.4. The number of ether oxygens (including phenoxy) is 1. The molecule has 0 fully saturated rings. The second-order valence-corrected chi connectivity index (χ2v) is 6.85. The van der Waals surface area contributed by atoms with Gasteiger partial charge in [-0.05, 0) is 43.4 Å². The number of halogens is 2. The molecule has 26 heavy (non-hydrogen) atoms. The number of esters is 1. The van der Waals surface area contributed by atoms with E-state index in [9.17, 15) is 23.6 Å². The van der Waals surface area contributed by atoms with E-state index >= 15 is 0 Å². The van der Waals surface area contributed by atoms with Gasteiger partial charge in [0.1, 0.15) is 28.3 Å². The summed E-state index contributed by atoms with van der Waals surface area (Å²) in [5.74, 6) is -4.06. The highest BCUT2D eigenvalue weighted by Crippen LogP contribution is 2.37. The number of thiophene rings is 1. The summed E-state index contributed by atoms with van der Waals surface area (Å²) in [4.78, 5) is 24.9. The third-order valence-electron chi connectivity index (χ3n) is 4.04. The first kappa shape index (κ1) is 18.0. The molecule has 5 nitrogen and oxygen atoms in total. The van der Waals surface area contributed by atoms with Crippen molar-refractivity contribution in [2.45, 2.75) is 25.7 Å². The summed E-state index contributed by atoms with van der Waals surface area (Å²) in [7, 11) is 0. The summed E-state index contributed by atoms with van der Waals surface area (Å²) in [5, 5.41) is 12.3. The Kier molecular flexibility index (Phi) is 5.28. The van der Waals surface area contributed by atoms with Gasteiger partial charge in [-0.15, -0.1) is 11.3 Å². The van der Waals surface area contributed by atoms with Crippen molar-refractivity contribution in [3.05, 3.63) is 51.4 Å². The number of anilines is 1. The van der Waals surface area contributed by atoms with Gasteiger partial charge in [0.25, 0.3) is 5.91 Å². The van der Waals surface area contributed by atoms with Crippen LogP contribution < -0.4 is 5.32 Å². The third-order valence-corrected chi connectivity index (χ3v) is 5.24. The number of rotatable bonds is 4. The molecule has 1 aromatic carbocycles.